The van der Waals surface area contributed by atoms with Crippen molar-refractivity contribution in [3.05, 3.63) is 31.3 Å². The van der Waals surface area contributed by atoms with E-state index in [4.69, 9.17) is 9.47 Å². The van der Waals surface area contributed by atoms with Gasteiger partial charge >= 0.3 is 11.9 Å². The fraction of sp³-hybridized carbons (Fsp3) is 0.700. The molecule has 0 aliphatic heterocycles. The van der Waals surface area contributed by atoms with E-state index in [9.17, 15) is 22.8 Å². The Kier molecular flexibility index (Phi) is 8.12. The van der Waals surface area contributed by atoms with Crippen molar-refractivity contribution in [1.82, 2.24) is 14.5 Å². The lowest BCUT2D eigenvalue weighted by Gasteiger charge is -2.20. The van der Waals surface area contributed by atoms with E-state index >= 15 is 0 Å². The number of halogens is 3. The number of aryl methyl sites for hydroxylation is 2. The van der Waals surface area contributed by atoms with E-state index in [2.05, 4.69) is 5.32 Å². The lowest BCUT2D eigenvalue weighted by molar-refractivity contribution is -0.136. The Morgan fingerprint density at radius 2 is 1.71 bits per heavy atom. The topological polar surface area (TPSA) is 74.5 Å². The quantitative estimate of drug-likeness (QED) is 0.576. The van der Waals surface area contributed by atoms with Crippen LogP contribution in [0.15, 0.2) is 9.59 Å². The lowest BCUT2D eigenvalue weighted by Crippen LogP contribution is -2.42. The van der Waals surface area contributed by atoms with Crippen LogP contribution in [0.3, 0.4) is 0 Å². The van der Waals surface area contributed by atoms with Gasteiger partial charge in [-0.1, -0.05) is 20.8 Å². The molecule has 0 aliphatic carbocycles. The Morgan fingerprint density at radius 3 is 2.23 bits per heavy atom. The van der Waals surface area contributed by atoms with Crippen molar-refractivity contribution in [1.29, 1.82) is 0 Å². The molecule has 0 aromatic carbocycles. The Morgan fingerprint density at radius 1 is 1.10 bits per heavy atom. The standard InChI is InChI=1S/C20H30F3N3O4S/c1-12-13(9-24-10-14(29-5)30-6)31-17-15(12)16(27)26(11-19(2,3)4)18(28)25(17)8-7-20(21,22)23/h14,24H,7-11H2,1-6H3. The molecular weight excluding hydrogens is 435 g/mol. The van der Waals surface area contributed by atoms with Gasteiger partial charge in [-0.05, 0) is 17.9 Å². The summed E-state index contributed by atoms with van der Waals surface area (Å²) < 4.78 is 51.1. The van der Waals surface area contributed by atoms with Crippen LogP contribution in [0.4, 0.5) is 13.2 Å². The number of rotatable bonds is 9. The first kappa shape index (κ1) is 25.6. The lowest BCUT2D eigenvalue weighted by atomic mass is 9.97. The van der Waals surface area contributed by atoms with Crippen LogP contribution in [0, 0.1) is 12.3 Å². The van der Waals surface area contributed by atoms with Crippen molar-refractivity contribution in [2.24, 2.45) is 5.41 Å². The largest absolute Gasteiger partial charge is 0.390 e. The Bertz CT molecular complexity index is 1010. The molecule has 0 aliphatic rings. The Balaban J connectivity index is 2.57. The molecule has 2 rings (SSSR count). The molecule has 0 saturated heterocycles. The number of methoxy groups -OCH3 is 2. The molecule has 0 bridgehead atoms. The molecule has 2 heterocycles. The Labute approximate surface area is 182 Å². The minimum Gasteiger partial charge on any atom is -0.355 e. The van der Waals surface area contributed by atoms with E-state index in [0.29, 0.717) is 24.0 Å². The van der Waals surface area contributed by atoms with E-state index < -0.39 is 42.1 Å². The maximum Gasteiger partial charge on any atom is 0.390 e. The third kappa shape index (κ3) is 6.41. The number of thiophene rings is 1. The molecule has 0 saturated carbocycles. The predicted molar refractivity (Wildman–Crippen MR) is 115 cm³/mol. The summed E-state index contributed by atoms with van der Waals surface area (Å²) in [7, 11) is 3.02. The molecule has 0 amide bonds. The van der Waals surface area contributed by atoms with Gasteiger partial charge in [0, 0.05) is 45.3 Å². The van der Waals surface area contributed by atoms with Gasteiger partial charge in [0.05, 0.1) is 11.8 Å². The fourth-order valence-corrected chi connectivity index (χ4v) is 4.51. The van der Waals surface area contributed by atoms with Crippen molar-refractivity contribution in [3.8, 4) is 0 Å². The van der Waals surface area contributed by atoms with Gasteiger partial charge in [-0.3, -0.25) is 13.9 Å². The summed E-state index contributed by atoms with van der Waals surface area (Å²) in [4.78, 5) is 27.2. The van der Waals surface area contributed by atoms with Gasteiger partial charge in [-0.2, -0.15) is 13.2 Å². The molecule has 0 unspecified atom stereocenters. The van der Waals surface area contributed by atoms with Gasteiger partial charge in [0.2, 0.25) is 0 Å². The van der Waals surface area contributed by atoms with Gasteiger partial charge < -0.3 is 14.8 Å². The smallest absolute Gasteiger partial charge is 0.355 e. The van der Waals surface area contributed by atoms with Gasteiger partial charge in [-0.15, -0.1) is 11.3 Å². The highest BCUT2D eigenvalue weighted by Gasteiger charge is 2.29. The van der Waals surface area contributed by atoms with E-state index in [1.54, 1.807) is 6.92 Å². The number of fused-ring (bicyclic) bond motifs is 1. The molecule has 31 heavy (non-hydrogen) atoms. The molecule has 0 spiro atoms. The van der Waals surface area contributed by atoms with Gasteiger partial charge in [0.1, 0.15) is 4.83 Å². The van der Waals surface area contributed by atoms with E-state index in [-0.39, 0.29) is 11.4 Å². The van der Waals surface area contributed by atoms with Crippen LogP contribution in [0.2, 0.25) is 0 Å². The molecular formula is C20H30F3N3O4S. The monoisotopic (exact) mass is 465 g/mol. The summed E-state index contributed by atoms with van der Waals surface area (Å²) in [5.74, 6) is 0. The average molecular weight is 466 g/mol. The second kappa shape index (κ2) is 9.85. The summed E-state index contributed by atoms with van der Waals surface area (Å²) >= 11 is 1.16. The molecule has 0 atom stereocenters. The molecule has 176 valence electrons. The highest BCUT2D eigenvalue weighted by atomic mass is 32.1. The van der Waals surface area contributed by atoms with Crippen molar-refractivity contribution in [2.45, 2.75) is 66.2 Å². The zero-order valence-electron chi connectivity index (χ0n) is 18.7. The average Bonchev–Trinajstić information content (AvgIpc) is 2.97. The number of alkyl halides is 3. The molecule has 0 fully saturated rings. The summed E-state index contributed by atoms with van der Waals surface area (Å²) in [6.07, 6.45) is -6.02. The summed E-state index contributed by atoms with van der Waals surface area (Å²) in [6.45, 7) is 7.66. The maximum absolute atomic E-state index is 13.2. The van der Waals surface area contributed by atoms with E-state index in [0.717, 1.165) is 25.3 Å². The third-order valence-corrected chi connectivity index (χ3v) is 6.08. The first-order valence-corrected chi connectivity index (χ1v) is 10.7. The van der Waals surface area contributed by atoms with Crippen LogP contribution < -0.4 is 16.6 Å². The summed E-state index contributed by atoms with van der Waals surface area (Å²) in [6, 6.07) is 0. The molecule has 2 aromatic heterocycles. The normalized spacial score (nSPS) is 13.0. The predicted octanol–water partition coefficient (Wildman–Crippen LogP) is 3.24. The Hall–Kier alpha value is -1.69. The summed E-state index contributed by atoms with van der Waals surface area (Å²) in [5.41, 5.74) is -0.921. The van der Waals surface area contributed by atoms with E-state index in [1.165, 1.54) is 14.2 Å². The molecule has 0 radical (unpaired) electrons. The van der Waals surface area contributed by atoms with Crippen LogP contribution in [0.25, 0.3) is 10.2 Å². The van der Waals surface area contributed by atoms with Gasteiger partial charge in [0.15, 0.2) is 6.29 Å². The second-order valence-electron chi connectivity index (χ2n) is 8.61. The number of ether oxygens (including phenoxy) is 2. The molecule has 7 nitrogen and oxygen atoms in total. The van der Waals surface area contributed by atoms with Crippen LogP contribution in [0.1, 0.15) is 37.6 Å². The van der Waals surface area contributed by atoms with Crippen LogP contribution in [-0.2, 0) is 29.1 Å². The minimum absolute atomic E-state index is 0.110. The van der Waals surface area contributed by atoms with Gasteiger partial charge in [0.25, 0.3) is 5.56 Å². The van der Waals surface area contributed by atoms with Crippen molar-refractivity contribution < 1.29 is 22.6 Å². The van der Waals surface area contributed by atoms with Crippen molar-refractivity contribution >= 4 is 21.6 Å². The third-order valence-electron chi connectivity index (χ3n) is 4.77. The highest BCUT2D eigenvalue weighted by Crippen LogP contribution is 2.29. The number of hydrogen-bond donors (Lipinski definition) is 1. The SMILES string of the molecule is COC(CNCc1sc2c(c1C)c(=O)n(CC(C)(C)C)c(=O)n2CCC(F)(F)F)OC. The fourth-order valence-electron chi connectivity index (χ4n) is 3.23. The number of nitrogens with one attached hydrogen (secondary N) is 1. The van der Waals surface area contributed by atoms with Crippen molar-refractivity contribution in [2.75, 3.05) is 20.8 Å². The first-order valence-electron chi connectivity index (χ1n) is 9.87. The molecule has 11 heteroatoms. The van der Waals surface area contributed by atoms with Gasteiger partial charge in [-0.25, -0.2) is 4.79 Å². The van der Waals surface area contributed by atoms with Crippen LogP contribution in [-0.4, -0.2) is 42.4 Å². The van der Waals surface area contributed by atoms with Crippen LogP contribution in [0.5, 0.6) is 0 Å². The van der Waals surface area contributed by atoms with E-state index in [1.807, 2.05) is 20.8 Å². The number of nitrogens with zero attached hydrogens (tertiary/aromatic N) is 2. The number of aromatic nitrogens is 2. The first-order chi connectivity index (χ1) is 14.3. The van der Waals surface area contributed by atoms with Crippen molar-refractivity contribution in [3.63, 3.8) is 0 Å². The zero-order valence-corrected chi connectivity index (χ0v) is 19.5. The summed E-state index contributed by atoms with van der Waals surface area (Å²) in [5, 5.41) is 3.45. The highest BCUT2D eigenvalue weighted by molar-refractivity contribution is 7.18. The van der Waals surface area contributed by atoms with Crippen LogP contribution >= 0.6 is 11.3 Å². The minimum atomic E-state index is -4.41. The maximum atomic E-state index is 13.2. The second-order valence-corrected chi connectivity index (χ2v) is 9.70. The molecule has 2 aromatic rings. The number of hydrogen-bond acceptors (Lipinski definition) is 6. The zero-order chi connectivity index (χ0) is 23.6. The molecule has 1 N–H and O–H groups in total.